The lowest BCUT2D eigenvalue weighted by Crippen LogP contribution is -2.27. The van der Waals surface area contributed by atoms with Gasteiger partial charge in [0.25, 0.3) is 5.56 Å². The summed E-state index contributed by atoms with van der Waals surface area (Å²) >= 11 is 6.23. The monoisotopic (exact) mass is 465 g/mol. The first-order valence-corrected chi connectivity index (χ1v) is 10.9. The molecule has 1 aromatic carbocycles. The van der Waals surface area contributed by atoms with Crippen molar-refractivity contribution in [3.63, 3.8) is 0 Å². The van der Waals surface area contributed by atoms with Gasteiger partial charge in [0.1, 0.15) is 5.75 Å². The third kappa shape index (κ3) is 5.60. The summed E-state index contributed by atoms with van der Waals surface area (Å²) in [7, 11) is 1.45. The number of hydrogen-bond acceptors (Lipinski definition) is 6. The summed E-state index contributed by atoms with van der Waals surface area (Å²) in [6.45, 7) is 2.25. The molecule has 0 fully saturated rings. The molecule has 170 valence electrons. The molecule has 2 heterocycles. The minimum atomic E-state index is -0.941. The van der Waals surface area contributed by atoms with Gasteiger partial charge in [-0.05, 0) is 48.7 Å². The van der Waals surface area contributed by atoms with Crippen molar-refractivity contribution in [2.45, 2.75) is 32.1 Å². The Morgan fingerprint density at radius 3 is 2.70 bits per heavy atom. The number of hydrogen-bond donors (Lipinski definition) is 1. The molecule has 33 heavy (non-hydrogen) atoms. The quantitative estimate of drug-likeness (QED) is 0.364. The van der Waals surface area contributed by atoms with Crippen LogP contribution in [0.1, 0.15) is 42.4 Å². The number of nitrogens with one attached hydrogen (secondary N) is 1. The van der Waals surface area contributed by atoms with Crippen LogP contribution in [0.5, 0.6) is 5.75 Å². The molecule has 0 aliphatic carbocycles. The van der Waals surface area contributed by atoms with Gasteiger partial charge in [-0.25, -0.2) is 0 Å². The topological polar surface area (TPSA) is 105 Å². The Kier molecular flexibility index (Phi) is 8.22. The van der Waals surface area contributed by atoms with Crippen LogP contribution in [0.4, 0.5) is 0 Å². The molecular formula is C25H24ClN3O4. The van der Waals surface area contributed by atoms with Crippen molar-refractivity contribution < 1.29 is 14.3 Å². The lowest BCUT2D eigenvalue weighted by atomic mass is 9.86. The normalized spacial score (nSPS) is 11.5. The van der Waals surface area contributed by atoms with E-state index in [9.17, 15) is 14.9 Å². The van der Waals surface area contributed by atoms with Crippen molar-refractivity contribution in [2.24, 2.45) is 0 Å². The average molecular weight is 466 g/mol. The van der Waals surface area contributed by atoms with Gasteiger partial charge in [0.2, 0.25) is 0 Å². The highest BCUT2D eigenvalue weighted by atomic mass is 35.5. The first kappa shape index (κ1) is 24.0. The molecule has 0 amide bonds. The number of H-pyrrole nitrogens is 1. The zero-order valence-corrected chi connectivity index (χ0v) is 19.2. The van der Waals surface area contributed by atoms with Gasteiger partial charge in [-0.15, -0.1) is 0 Å². The van der Waals surface area contributed by atoms with Crippen molar-refractivity contribution in [1.82, 2.24) is 9.97 Å². The number of methoxy groups -OCH3 is 1. The van der Waals surface area contributed by atoms with Gasteiger partial charge in [-0.3, -0.25) is 14.6 Å². The average Bonchev–Trinajstić information content (AvgIpc) is 2.83. The van der Waals surface area contributed by atoms with Crippen LogP contribution >= 0.6 is 11.6 Å². The van der Waals surface area contributed by atoms with Crippen LogP contribution in [0.3, 0.4) is 0 Å². The van der Waals surface area contributed by atoms with Crippen LogP contribution in [0.2, 0.25) is 5.02 Å². The molecule has 0 bridgehead atoms. The number of esters is 1. The fourth-order valence-electron chi connectivity index (χ4n) is 3.59. The zero-order chi connectivity index (χ0) is 23.8. The number of nitrogens with zero attached hydrogens (tertiary/aromatic N) is 2. The number of unbranched alkanes of at least 4 members (excludes halogenated alkanes) is 1. The largest absolute Gasteiger partial charge is 0.495 e. The number of carbonyl (C=O) groups excluding carboxylic acids is 1. The second kappa shape index (κ2) is 11.3. The first-order chi connectivity index (χ1) is 16.0. The van der Waals surface area contributed by atoms with Crippen LogP contribution in [0, 0.1) is 11.3 Å². The van der Waals surface area contributed by atoms with Gasteiger partial charge in [0.05, 0.1) is 31.3 Å². The molecule has 7 nitrogen and oxygen atoms in total. The van der Waals surface area contributed by atoms with E-state index >= 15 is 0 Å². The van der Waals surface area contributed by atoms with Crippen molar-refractivity contribution in [3.05, 3.63) is 81.0 Å². The third-order valence-electron chi connectivity index (χ3n) is 5.25. The van der Waals surface area contributed by atoms with Gasteiger partial charge in [0.15, 0.2) is 0 Å². The Morgan fingerprint density at radius 2 is 2.03 bits per heavy atom. The Labute approximate surface area is 197 Å². The number of carbonyl (C=O) groups is 1. The highest BCUT2D eigenvalue weighted by Gasteiger charge is 2.31. The summed E-state index contributed by atoms with van der Waals surface area (Å²) in [6.07, 6.45) is 6.43. The molecule has 0 spiro atoms. The zero-order valence-electron chi connectivity index (χ0n) is 18.4. The number of pyridine rings is 2. The lowest BCUT2D eigenvalue weighted by Gasteiger charge is -2.21. The van der Waals surface area contributed by atoms with E-state index in [0.717, 1.165) is 12.0 Å². The molecule has 0 radical (unpaired) electrons. The number of nitriles is 1. The number of rotatable bonds is 9. The second-order valence-corrected chi connectivity index (χ2v) is 7.85. The van der Waals surface area contributed by atoms with Crippen LogP contribution in [0.15, 0.2) is 53.7 Å². The summed E-state index contributed by atoms with van der Waals surface area (Å²) in [5.74, 6) is -1.16. The second-order valence-electron chi connectivity index (χ2n) is 7.41. The number of benzene rings is 1. The molecule has 3 aromatic rings. The number of halogens is 1. The summed E-state index contributed by atoms with van der Waals surface area (Å²) in [6, 6.07) is 10.4. The predicted octanol–water partition coefficient (Wildman–Crippen LogP) is 4.64. The molecular weight excluding hydrogens is 442 g/mol. The van der Waals surface area contributed by atoms with Crippen LogP contribution in [-0.4, -0.2) is 29.7 Å². The predicted molar refractivity (Wildman–Crippen MR) is 125 cm³/mol. The fourth-order valence-corrected chi connectivity index (χ4v) is 3.77. The van der Waals surface area contributed by atoms with Crippen LogP contribution < -0.4 is 10.3 Å². The van der Waals surface area contributed by atoms with Crippen molar-refractivity contribution >= 4 is 17.6 Å². The Hall–Kier alpha value is -3.63. The van der Waals surface area contributed by atoms with E-state index in [-0.39, 0.29) is 18.6 Å². The molecule has 0 aliphatic heterocycles. The molecule has 0 aliphatic rings. The fraction of sp³-hybridized carbons (Fsp3) is 0.280. The maximum absolute atomic E-state index is 13.3. The molecule has 1 atom stereocenters. The molecule has 8 heteroatoms. The van der Waals surface area contributed by atoms with Gasteiger partial charge >= 0.3 is 5.97 Å². The molecule has 2 aromatic heterocycles. The lowest BCUT2D eigenvalue weighted by molar-refractivity contribution is -0.145. The Balaban J connectivity index is 2.25. The van der Waals surface area contributed by atoms with E-state index in [4.69, 9.17) is 21.1 Å². The molecule has 0 saturated carbocycles. The van der Waals surface area contributed by atoms with Gasteiger partial charge in [0, 0.05) is 40.3 Å². The Morgan fingerprint density at radius 1 is 1.27 bits per heavy atom. The van der Waals surface area contributed by atoms with E-state index < -0.39 is 17.4 Å². The van der Waals surface area contributed by atoms with E-state index in [0.29, 0.717) is 33.9 Å². The number of ether oxygens (including phenoxy) is 2. The van der Waals surface area contributed by atoms with E-state index in [2.05, 4.69) is 16.0 Å². The summed E-state index contributed by atoms with van der Waals surface area (Å²) in [4.78, 5) is 33.1. The minimum Gasteiger partial charge on any atom is -0.495 e. The van der Waals surface area contributed by atoms with Crippen molar-refractivity contribution in [1.29, 1.82) is 5.26 Å². The van der Waals surface area contributed by atoms with Crippen molar-refractivity contribution in [2.75, 3.05) is 13.7 Å². The highest BCUT2D eigenvalue weighted by Crippen LogP contribution is 2.39. The maximum atomic E-state index is 13.3. The molecule has 0 saturated heterocycles. The standard InChI is InChI=1S/C25H24ClN3O4/c1-3-4-11-33-25(31)20(12-16-7-9-28-10-8-16)23-22(21(32-2)15-29-24(23)30)19-13-18(26)6-5-17(19)14-27/h5-10,13,15,20H,3-4,11-12H2,1-2H3,(H,29,30). The first-order valence-electron chi connectivity index (χ1n) is 10.5. The summed E-state index contributed by atoms with van der Waals surface area (Å²) in [5, 5.41) is 10.1. The number of aromatic nitrogens is 2. The maximum Gasteiger partial charge on any atom is 0.313 e. The van der Waals surface area contributed by atoms with Crippen molar-refractivity contribution in [3.8, 4) is 22.9 Å². The highest BCUT2D eigenvalue weighted by molar-refractivity contribution is 6.31. The van der Waals surface area contributed by atoms with E-state index in [1.54, 1.807) is 42.7 Å². The van der Waals surface area contributed by atoms with Crippen LogP contribution in [0.25, 0.3) is 11.1 Å². The van der Waals surface area contributed by atoms with E-state index in [1.165, 1.54) is 13.3 Å². The number of aromatic amines is 1. The van der Waals surface area contributed by atoms with Gasteiger partial charge in [-0.1, -0.05) is 24.9 Å². The van der Waals surface area contributed by atoms with Crippen LogP contribution in [-0.2, 0) is 16.0 Å². The van der Waals surface area contributed by atoms with E-state index in [1.807, 2.05) is 6.92 Å². The summed E-state index contributed by atoms with van der Waals surface area (Å²) < 4.78 is 11.1. The third-order valence-corrected chi connectivity index (χ3v) is 5.49. The minimum absolute atomic E-state index is 0.159. The smallest absolute Gasteiger partial charge is 0.313 e. The Bertz CT molecular complexity index is 1220. The SMILES string of the molecule is CCCCOC(=O)C(Cc1ccncc1)c1c(-c2cc(Cl)ccc2C#N)c(OC)c[nH]c1=O. The summed E-state index contributed by atoms with van der Waals surface area (Å²) in [5.41, 5.74) is 1.54. The molecule has 3 rings (SSSR count). The molecule has 1 N–H and O–H groups in total. The van der Waals surface area contributed by atoms with Gasteiger partial charge < -0.3 is 14.5 Å². The molecule has 1 unspecified atom stereocenters. The van der Waals surface area contributed by atoms with Gasteiger partial charge in [-0.2, -0.15) is 5.26 Å².